The lowest BCUT2D eigenvalue weighted by Crippen LogP contribution is -2.50. The molecule has 0 unspecified atom stereocenters. The molecule has 4 rings (SSSR count). The second kappa shape index (κ2) is 7.14. The summed E-state index contributed by atoms with van der Waals surface area (Å²) < 4.78 is 11.9. The summed E-state index contributed by atoms with van der Waals surface area (Å²) in [5.74, 6) is 0.972. The van der Waals surface area contributed by atoms with Crippen LogP contribution < -0.4 is 4.74 Å². The van der Waals surface area contributed by atoms with E-state index in [4.69, 9.17) is 9.47 Å². The maximum atomic E-state index is 12.4. The molecule has 5 nitrogen and oxygen atoms in total. The van der Waals surface area contributed by atoms with Crippen LogP contribution in [0.4, 0.5) is 4.79 Å². The number of amides is 1. The number of ether oxygens (including phenoxy) is 2. The van der Waals surface area contributed by atoms with E-state index >= 15 is 0 Å². The van der Waals surface area contributed by atoms with Crippen molar-refractivity contribution >= 4 is 11.7 Å². The van der Waals surface area contributed by atoms with Crippen molar-refractivity contribution < 1.29 is 19.4 Å². The molecular weight excluding hydrogens is 366 g/mol. The fourth-order valence-corrected chi connectivity index (χ4v) is 3.90. The summed E-state index contributed by atoms with van der Waals surface area (Å²) in [6, 6.07) is 15.3. The highest BCUT2D eigenvalue weighted by molar-refractivity contribution is 5.85. The first kappa shape index (κ1) is 19.4. The van der Waals surface area contributed by atoms with E-state index < -0.39 is 11.2 Å². The quantitative estimate of drug-likeness (QED) is 0.742. The van der Waals surface area contributed by atoms with Crippen LogP contribution >= 0.6 is 0 Å². The topological polar surface area (TPSA) is 59.0 Å². The van der Waals surface area contributed by atoms with Gasteiger partial charge in [-0.25, -0.2) is 4.79 Å². The lowest BCUT2D eigenvalue weighted by atomic mass is 9.83. The zero-order valence-corrected chi connectivity index (χ0v) is 17.1. The van der Waals surface area contributed by atoms with Crippen LogP contribution in [0.25, 0.3) is 5.57 Å². The number of phenols is 1. The van der Waals surface area contributed by atoms with E-state index in [2.05, 4.69) is 18.2 Å². The molecule has 0 aliphatic carbocycles. The summed E-state index contributed by atoms with van der Waals surface area (Å²) in [5.41, 5.74) is 2.03. The zero-order chi connectivity index (χ0) is 20.6. The van der Waals surface area contributed by atoms with Gasteiger partial charge in [-0.2, -0.15) is 0 Å². The van der Waals surface area contributed by atoms with Gasteiger partial charge in [-0.3, -0.25) is 0 Å². The number of benzene rings is 2. The van der Waals surface area contributed by atoms with Crippen molar-refractivity contribution in [3.8, 4) is 11.5 Å². The molecule has 2 aromatic rings. The van der Waals surface area contributed by atoms with E-state index in [9.17, 15) is 9.90 Å². The molecule has 0 aromatic heterocycles. The van der Waals surface area contributed by atoms with Gasteiger partial charge in [-0.05, 0) is 56.2 Å². The standard InChI is InChI=1S/C24H27NO4/c1-23(2,3)29-22(27)25-13-11-24(12-14-25)16-20(17-7-5-4-6-8-17)19-15-18(26)9-10-21(19)28-24/h4-10,15-16,26H,11-14H2,1-3H3. The summed E-state index contributed by atoms with van der Waals surface area (Å²) in [7, 11) is 0. The van der Waals surface area contributed by atoms with Gasteiger partial charge in [-0.1, -0.05) is 30.3 Å². The van der Waals surface area contributed by atoms with E-state index in [1.807, 2.05) is 45.0 Å². The predicted octanol–water partition coefficient (Wildman–Crippen LogP) is 4.99. The summed E-state index contributed by atoms with van der Waals surface area (Å²) in [6.45, 7) is 6.77. The number of carbonyl (C=O) groups is 1. The molecule has 0 atom stereocenters. The highest BCUT2D eigenvalue weighted by Gasteiger charge is 2.40. The highest BCUT2D eigenvalue weighted by Crippen LogP contribution is 2.44. The van der Waals surface area contributed by atoms with E-state index in [-0.39, 0.29) is 11.8 Å². The van der Waals surface area contributed by atoms with Crippen LogP contribution in [0.2, 0.25) is 0 Å². The van der Waals surface area contributed by atoms with Crippen LogP contribution in [0.15, 0.2) is 54.6 Å². The Morgan fingerprint density at radius 1 is 1.10 bits per heavy atom. The Labute approximate surface area is 171 Å². The first-order chi connectivity index (χ1) is 13.7. The van der Waals surface area contributed by atoms with Crippen LogP contribution in [0.5, 0.6) is 11.5 Å². The Morgan fingerprint density at radius 2 is 1.79 bits per heavy atom. The average molecular weight is 393 g/mol. The Bertz CT molecular complexity index is 935. The molecule has 0 bridgehead atoms. The van der Waals surface area contributed by atoms with Crippen molar-refractivity contribution in [1.82, 2.24) is 4.90 Å². The third-order valence-corrected chi connectivity index (χ3v) is 5.32. The Hall–Kier alpha value is -2.95. The van der Waals surface area contributed by atoms with Gasteiger partial charge in [0.2, 0.25) is 0 Å². The SMILES string of the molecule is CC(C)(C)OC(=O)N1CCC2(C=C(c3ccccc3)c3cc(O)ccc3O2)CC1. The number of hydrogen-bond acceptors (Lipinski definition) is 4. The summed E-state index contributed by atoms with van der Waals surface area (Å²) in [6.07, 6.45) is 3.25. The maximum Gasteiger partial charge on any atom is 0.410 e. The molecule has 152 valence electrons. The number of rotatable bonds is 1. The zero-order valence-electron chi connectivity index (χ0n) is 17.1. The normalized spacial score (nSPS) is 17.9. The smallest absolute Gasteiger partial charge is 0.410 e. The molecule has 1 amide bonds. The molecule has 0 saturated carbocycles. The number of phenolic OH excluding ortho intramolecular Hbond substituents is 1. The van der Waals surface area contributed by atoms with E-state index in [1.54, 1.807) is 17.0 Å². The van der Waals surface area contributed by atoms with Gasteiger partial charge in [0.05, 0.1) is 0 Å². The number of likely N-dealkylation sites (tertiary alicyclic amines) is 1. The van der Waals surface area contributed by atoms with E-state index in [0.29, 0.717) is 25.9 Å². The molecule has 29 heavy (non-hydrogen) atoms. The van der Waals surface area contributed by atoms with Gasteiger partial charge in [0.25, 0.3) is 0 Å². The summed E-state index contributed by atoms with van der Waals surface area (Å²) >= 11 is 0. The molecule has 2 aliphatic rings. The number of aromatic hydroxyl groups is 1. The van der Waals surface area contributed by atoms with Crippen LogP contribution in [0, 0.1) is 0 Å². The molecule has 1 spiro atoms. The number of carbonyl (C=O) groups excluding carboxylic acids is 1. The molecule has 1 N–H and O–H groups in total. The third kappa shape index (κ3) is 4.09. The van der Waals surface area contributed by atoms with Crippen molar-refractivity contribution in [3.05, 3.63) is 65.7 Å². The van der Waals surface area contributed by atoms with Crippen LogP contribution in [0.1, 0.15) is 44.7 Å². The number of hydrogen-bond donors (Lipinski definition) is 1. The van der Waals surface area contributed by atoms with Gasteiger partial charge in [0.1, 0.15) is 22.7 Å². The molecular formula is C24H27NO4. The molecule has 1 fully saturated rings. The van der Waals surface area contributed by atoms with Crippen molar-refractivity contribution in [3.63, 3.8) is 0 Å². The molecule has 1 saturated heterocycles. The minimum absolute atomic E-state index is 0.213. The van der Waals surface area contributed by atoms with Gasteiger partial charge < -0.3 is 19.5 Å². The van der Waals surface area contributed by atoms with Gasteiger partial charge in [0, 0.05) is 31.5 Å². The lowest BCUT2D eigenvalue weighted by Gasteiger charge is -2.43. The fourth-order valence-electron chi connectivity index (χ4n) is 3.90. The minimum atomic E-state index is -0.505. The second-order valence-electron chi connectivity index (χ2n) is 8.74. The number of piperidine rings is 1. The Balaban J connectivity index is 1.62. The number of nitrogens with zero attached hydrogens (tertiary/aromatic N) is 1. The van der Waals surface area contributed by atoms with Gasteiger partial charge in [0.15, 0.2) is 0 Å². The first-order valence-corrected chi connectivity index (χ1v) is 10.0. The first-order valence-electron chi connectivity index (χ1n) is 10.0. The summed E-state index contributed by atoms with van der Waals surface area (Å²) in [5, 5.41) is 10.0. The monoisotopic (exact) mass is 393 g/mol. The molecule has 2 aliphatic heterocycles. The predicted molar refractivity (Wildman–Crippen MR) is 112 cm³/mol. The van der Waals surface area contributed by atoms with Crippen molar-refractivity contribution in [2.24, 2.45) is 0 Å². The minimum Gasteiger partial charge on any atom is -0.508 e. The molecule has 5 heteroatoms. The maximum absolute atomic E-state index is 12.4. The highest BCUT2D eigenvalue weighted by atomic mass is 16.6. The largest absolute Gasteiger partial charge is 0.508 e. The van der Waals surface area contributed by atoms with Gasteiger partial charge >= 0.3 is 6.09 Å². The average Bonchev–Trinajstić information content (AvgIpc) is 2.68. The Morgan fingerprint density at radius 3 is 2.45 bits per heavy atom. The van der Waals surface area contributed by atoms with Crippen molar-refractivity contribution in [1.29, 1.82) is 0 Å². The van der Waals surface area contributed by atoms with Crippen LogP contribution in [-0.4, -0.2) is 40.4 Å². The third-order valence-electron chi connectivity index (χ3n) is 5.32. The molecule has 2 heterocycles. The number of fused-ring (bicyclic) bond motifs is 1. The van der Waals surface area contributed by atoms with E-state index in [0.717, 1.165) is 22.4 Å². The molecule has 0 radical (unpaired) electrons. The van der Waals surface area contributed by atoms with Crippen molar-refractivity contribution in [2.75, 3.05) is 13.1 Å². The Kier molecular flexibility index (Phi) is 4.77. The summed E-state index contributed by atoms with van der Waals surface area (Å²) in [4.78, 5) is 14.2. The van der Waals surface area contributed by atoms with Gasteiger partial charge in [-0.15, -0.1) is 0 Å². The van der Waals surface area contributed by atoms with Crippen LogP contribution in [-0.2, 0) is 4.74 Å². The fraction of sp³-hybridized carbons (Fsp3) is 0.375. The second-order valence-corrected chi connectivity index (χ2v) is 8.74. The van der Waals surface area contributed by atoms with Crippen molar-refractivity contribution in [2.45, 2.75) is 44.8 Å². The molecule has 2 aromatic carbocycles. The van der Waals surface area contributed by atoms with Crippen LogP contribution in [0.3, 0.4) is 0 Å². The lowest BCUT2D eigenvalue weighted by molar-refractivity contribution is -0.00118. The van der Waals surface area contributed by atoms with E-state index in [1.165, 1.54) is 0 Å².